The molecule has 1 aromatic carbocycles. The van der Waals surface area contributed by atoms with Crippen molar-refractivity contribution in [1.29, 1.82) is 0 Å². The highest BCUT2D eigenvalue weighted by Crippen LogP contribution is 2.47. The maximum absolute atomic E-state index is 11.5. The van der Waals surface area contributed by atoms with Gasteiger partial charge in [0.2, 0.25) is 0 Å². The standard InChI is InChI=1S/C18H26O4S/c1-6-21-14(19)8-10-23-17-12(3)15(20)11(2)13-7-9-18(4,5)22-16(13)17/h20H,6-10H2,1-5H3. The highest BCUT2D eigenvalue weighted by molar-refractivity contribution is 7.99. The molecular weight excluding hydrogens is 312 g/mol. The summed E-state index contributed by atoms with van der Waals surface area (Å²) in [5.74, 6) is 1.64. The molecule has 0 saturated carbocycles. The van der Waals surface area contributed by atoms with Gasteiger partial charge in [0.1, 0.15) is 17.1 Å². The smallest absolute Gasteiger partial charge is 0.306 e. The second-order valence-electron chi connectivity index (χ2n) is 6.50. The summed E-state index contributed by atoms with van der Waals surface area (Å²) in [6, 6.07) is 0. The van der Waals surface area contributed by atoms with E-state index in [1.165, 1.54) is 0 Å². The van der Waals surface area contributed by atoms with E-state index in [9.17, 15) is 9.90 Å². The summed E-state index contributed by atoms with van der Waals surface area (Å²) in [7, 11) is 0. The summed E-state index contributed by atoms with van der Waals surface area (Å²) in [5.41, 5.74) is 2.61. The van der Waals surface area contributed by atoms with Gasteiger partial charge in [-0.3, -0.25) is 4.79 Å². The number of aromatic hydroxyl groups is 1. The second-order valence-corrected chi connectivity index (χ2v) is 7.61. The predicted molar refractivity (Wildman–Crippen MR) is 92.6 cm³/mol. The van der Waals surface area contributed by atoms with E-state index < -0.39 is 0 Å². The van der Waals surface area contributed by atoms with Crippen LogP contribution in [-0.2, 0) is 16.0 Å². The summed E-state index contributed by atoms with van der Waals surface area (Å²) in [4.78, 5) is 12.5. The Balaban J connectivity index is 2.28. The molecule has 1 aliphatic rings. The predicted octanol–water partition coefficient (Wildman–Crippen LogP) is 4.16. The minimum atomic E-state index is -0.209. The normalized spacial score (nSPS) is 15.7. The van der Waals surface area contributed by atoms with Gasteiger partial charge in [0.05, 0.1) is 17.9 Å². The molecule has 2 rings (SSSR count). The van der Waals surface area contributed by atoms with E-state index in [-0.39, 0.29) is 11.6 Å². The third-order valence-corrected chi connectivity index (χ3v) is 5.39. The maximum atomic E-state index is 11.5. The molecule has 0 aromatic heterocycles. The fourth-order valence-electron chi connectivity index (χ4n) is 2.82. The molecule has 0 atom stereocenters. The number of carbonyl (C=O) groups is 1. The van der Waals surface area contributed by atoms with Crippen LogP contribution in [0.15, 0.2) is 4.90 Å². The quantitative estimate of drug-likeness (QED) is 0.645. The van der Waals surface area contributed by atoms with Crippen LogP contribution in [0.25, 0.3) is 0 Å². The molecule has 1 aromatic rings. The van der Waals surface area contributed by atoms with Crippen molar-refractivity contribution in [2.24, 2.45) is 0 Å². The van der Waals surface area contributed by atoms with Crippen molar-refractivity contribution < 1.29 is 19.4 Å². The minimum absolute atomic E-state index is 0.191. The van der Waals surface area contributed by atoms with Crippen molar-refractivity contribution >= 4 is 17.7 Å². The molecule has 0 bridgehead atoms. The zero-order valence-electron chi connectivity index (χ0n) is 14.6. The van der Waals surface area contributed by atoms with Crippen LogP contribution in [0.3, 0.4) is 0 Å². The van der Waals surface area contributed by atoms with Crippen LogP contribution < -0.4 is 4.74 Å². The zero-order chi connectivity index (χ0) is 17.2. The van der Waals surface area contributed by atoms with Crippen LogP contribution in [0.5, 0.6) is 11.5 Å². The lowest BCUT2D eigenvalue weighted by molar-refractivity contribution is -0.142. The molecule has 0 aliphatic carbocycles. The van der Waals surface area contributed by atoms with Gasteiger partial charge in [-0.1, -0.05) is 0 Å². The van der Waals surface area contributed by atoms with Gasteiger partial charge in [0, 0.05) is 16.9 Å². The van der Waals surface area contributed by atoms with Crippen molar-refractivity contribution in [3.63, 3.8) is 0 Å². The first-order chi connectivity index (χ1) is 10.8. The van der Waals surface area contributed by atoms with Crippen molar-refractivity contribution in [3.05, 3.63) is 16.7 Å². The maximum Gasteiger partial charge on any atom is 0.306 e. The lowest BCUT2D eigenvalue weighted by Crippen LogP contribution is -2.33. The van der Waals surface area contributed by atoms with E-state index in [2.05, 4.69) is 13.8 Å². The Labute approximate surface area is 142 Å². The fourth-order valence-corrected chi connectivity index (χ4v) is 3.90. The topological polar surface area (TPSA) is 55.8 Å². The summed E-state index contributed by atoms with van der Waals surface area (Å²) in [6.45, 7) is 10.2. The van der Waals surface area contributed by atoms with Crippen LogP contribution in [0.2, 0.25) is 0 Å². The monoisotopic (exact) mass is 338 g/mol. The molecule has 1 heterocycles. The summed E-state index contributed by atoms with van der Waals surface area (Å²) in [5, 5.41) is 10.4. The summed E-state index contributed by atoms with van der Waals surface area (Å²) >= 11 is 1.55. The second kappa shape index (κ2) is 7.04. The van der Waals surface area contributed by atoms with Crippen LogP contribution in [0.4, 0.5) is 0 Å². The average molecular weight is 338 g/mol. The number of esters is 1. The summed E-state index contributed by atoms with van der Waals surface area (Å²) in [6.07, 6.45) is 2.18. The molecule has 0 radical (unpaired) electrons. The number of rotatable bonds is 5. The number of thioether (sulfide) groups is 1. The summed E-state index contributed by atoms with van der Waals surface area (Å²) < 4.78 is 11.2. The minimum Gasteiger partial charge on any atom is -0.507 e. The molecule has 0 saturated heterocycles. The van der Waals surface area contributed by atoms with E-state index in [0.29, 0.717) is 24.5 Å². The van der Waals surface area contributed by atoms with E-state index in [1.54, 1.807) is 18.7 Å². The van der Waals surface area contributed by atoms with Crippen molar-refractivity contribution in [3.8, 4) is 11.5 Å². The number of carbonyl (C=O) groups excluding carboxylic acids is 1. The van der Waals surface area contributed by atoms with Gasteiger partial charge >= 0.3 is 5.97 Å². The zero-order valence-corrected chi connectivity index (χ0v) is 15.4. The highest BCUT2D eigenvalue weighted by atomic mass is 32.2. The molecule has 4 nitrogen and oxygen atoms in total. The van der Waals surface area contributed by atoms with Gasteiger partial charge in [-0.25, -0.2) is 0 Å². The van der Waals surface area contributed by atoms with E-state index in [1.807, 2.05) is 13.8 Å². The van der Waals surface area contributed by atoms with Crippen molar-refractivity contribution in [2.75, 3.05) is 12.4 Å². The van der Waals surface area contributed by atoms with Gasteiger partial charge in [0.15, 0.2) is 0 Å². The van der Waals surface area contributed by atoms with Gasteiger partial charge < -0.3 is 14.6 Å². The van der Waals surface area contributed by atoms with Crippen LogP contribution >= 0.6 is 11.8 Å². The third kappa shape index (κ3) is 3.94. The molecule has 0 amide bonds. The van der Waals surface area contributed by atoms with Crippen LogP contribution in [-0.4, -0.2) is 29.0 Å². The Morgan fingerprint density at radius 3 is 2.70 bits per heavy atom. The van der Waals surface area contributed by atoms with Gasteiger partial charge in [-0.2, -0.15) is 0 Å². The molecule has 128 valence electrons. The van der Waals surface area contributed by atoms with E-state index in [4.69, 9.17) is 9.47 Å². The van der Waals surface area contributed by atoms with Gasteiger partial charge in [0.25, 0.3) is 0 Å². The SMILES string of the molecule is CCOC(=O)CCSc1c(C)c(O)c(C)c2c1OC(C)(C)CC2. The first-order valence-electron chi connectivity index (χ1n) is 8.09. The molecule has 1 aliphatic heterocycles. The number of fused-ring (bicyclic) bond motifs is 1. The lowest BCUT2D eigenvalue weighted by Gasteiger charge is -2.35. The average Bonchev–Trinajstić information content (AvgIpc) is 2.48. The molecule has 5 heteroatoms. The molecule has 0 spiro atoms. The van der Waals surface area contributed by atoms with E-state index in [0.717, 1.165) is 40.2 Å². The number of phenolic OH excluding ortho intramolecular Hbond substituents is 1. The third-order valence-electron chi connectivity index (χ3n) is 4.20. The Morgan fingerprint density at radius 1 is 1.35 bits per heavy atom. The van der Waals surface area contributed by atoms with E-state index >= 15 is 0 Å². The van der Waals surface area contributed by atoms with Gasteiger partial charge in [-0.05, 0) is 53.0 Å². The Hall–Kier alpha value is -1.36. The van der Waals surface area contributed by atoms with Gasteiger partial charge in [-0.15, -0.1) is 11.8 Å². The van der Waals surface area contributed by atoms with Crippen LogP contribution in [0, 0.1) is 13.8 Å². The molecular formula is C18H26O4S. The molecule has 23 heavy (non-hydrogen) atoms. The first-order valence-corrected chi connectivity index (χ1v) is 9.07. The number of ether oxygens (including phenoxy) is 2. The number of hydrogen-bond acceptors (Lipinski definition) is 5. The Kier molecular flexibility index (Phi) is 5.50. The Bertz CT molecular complexity index is 608. The molecule has 1 N–H and O–H groups in total. The highest BCUT2D eigenvalue weighted by Gasteiger charge is 2.32. The number of hydrogen-bond donors (Lipinski definition) is 1. The number of phenols is 1. The molecule has 0 fully saturated rings. The van der Waals surface area contributed by atoms with Crippen molar-refractivity contribution in [2.45, 2.75) is 64.4 Å². The first kappa shape index (κ1) is 18.0. The molecule has 0 unspecified atom stereocenters. The fraction of sp³-hybridized carbons (Fsp3) is 0.611. The largest absolute Gasteiger partial charge is 0.507 e. The van der Waals surface area contributed by atoms with Crippen molar-refractivity contribution in [1.82, 2.24) is 0 Å². The van der Waals surface area contributed by atoms with Crippen LogP contribution in [0.1, 0.15) is 50.3 Å². The Morgan fingerprint density at radius 2 is 2.04 bits per heavy atom. The number of benzene rings is 1. The lowest BCUT2D eigenvalue weighted by atomic mass is 9.90.